The van der Waals surface area contributed by atoms with Crippen LogP contribution in [0.5, 0.6) is 17.4 Å². The highest BCUT2D eigenvalue weighted by molar-refractivity contribution is 5.93. The number of aryl methyl sites for hydroxylation is 1. The molecule has 3 heterocycles. The van der Waals surface area contributed by atoms with Crippen LogP contribution in [0.3, 0.4) is 0 Å². The number of aromatic nitrogens is 3. The standard InChI is InChI=1S/C21H18N4O3/c1-14-18(8-5-11-22-14)27-20-10-9-15(12-24-20)25(2)21(26)28-19-13-23-17-7-4-3-6-16(17)19/h3-13,23H,1-2H3. The van der Waals surface area contributed by atoms with Gasteiger partial charge in [-0.15, -0.1) is 0 Å². The van der Waals surface area contributed by atoms with E-state index in [1.54, 1.807) is 43.8 Å². The molecule has 140 valence electrons. The van der Waals surface area contributed by atoms with Crippen LogP contribution in [-0.4, -0.2) is 28.1 Å². The highest BCUT2D eigenvalue weighted by Gasteiger charge is 2.16. The van der Waals surface area contributed by atoms with Gasteiger partial charge in [0.05, 0.1) is 17.6 Å². The summed E-state index contributed by atoms with van der Waals surface area (Å²) in [6.07, 6.45) is 4.41. The lowest BCUT2D eigenvalue weighted by molar-refractivity contribution is 0.209. The zero-order valence-electron chi connectivity index (χ0n) is 15.4. The molecule has 0 atom stereocenters. The monoisotopic (exact) mass is 374 g/mol. The van der Waals surface area contributed by atoms with Crippen molar-refractivity contribution < 1.29 is 14.3 Å². The number of para-hydroxylation sites is 1. The van der Waals surface area contributed by atoms with Crippen molar-refractivity contribution in [2.75, 3.05) is 11.9 Å². The fraction of sp³-hybridized carbons (Fsp3) is 0.0952. The van der Waals surface area contributed by atoms with Crippen LogP contribution in [0.15, 0.2) is 67.1 Å². The van der Waals surface area contributed by atoms with Crippen LogP contribution in [0, 0.1) is 6.92 Å². The van der Waals surface area contributed by atoms with Crippen molar-refractivity contribution in [3.8, 4) is 17.4 Å². The van der Waals surface area contributed by atoms with E-state index in [9.17, 15) is 4.79 Å². The van der Waals surface area contributed by atoms with Gasteiger partial charge in [-0.2, -0.15) is 0 Å². The van der Waals surface area contributed by atoms with Gasteiger partial charge < -0.3 is 14.5 Å². The number of hydrogen-bond acceptors (Lipinski definition) is 5. The summed E-state index contributed by atoms with van der Waals surface area (Å²) in [6.45, 7) is 1.86. The molecule has 0 aliphatic rings. The maximum atomic E-state index is 12.5. The number of H-pyrrole nitrogens is 1. The Balaban J connectivity index is 1.46. The van der Waals surface area contributed by atoms with Crippen molar-refractivity contribution in [1.29, 1.82) is 0 Å². The van der Waals surface area contributed by atoms with Crippen LogP contribution in [0.1, 0.15) is 5.69 Å². The number of fused-ring (bicyclic) bond motifs is 1. The maximum absolute atomic E-state index is 12.5. The number of nitrogens with one attached hydrogen (secondary N) is 1. The van der Waals surface area contributed by atoms with E-state index in [1.165, 1.54) is 4.90 Å². The molecule has 7 heteroatoms. The van der Waals surface area contributed by atoms with Crippen molar-refractivity contribution in [2.24, 2.45) is 0 Å². The summed E-state index contributed by atoms with van der Waals surface area (Å²) in [5, 5.41) is 0.845. The third kappa shape index (κ3) is 3.50. The first-order valence-corrected chi connectivity index (χ1v) is 8.69. The van der Waals surface area contributed by atoms with E-state index in [0.29, 0.717) is 23.1 Å². The molecule has 0 saturated carbocycles. The molecule has 7 nitrogen and oxygen atoms in total. The smallest absolute Gasteiger partial charge is 0.419 e. The van der Waals surface area contributed by atoms with E-state index >= 15 is 0 Å². The molecule has 28 heavy (non-hydrogen) atoms. The Hall–Kier alpha value is -3.87. The van der Waals surface area contributed by atoms with Gasteiger partial charge in [0.2, 0.25) is 5.88 Å². The fourth-order valence-electron chi connectivity index (χ4n) is 2.72. The van der Waals surface area contributed by atoms with Gasteiger partial charge in [-0.25, -0.2) is 9.78 Å². The second kappa shape index (κ2) is 7.40. The first-order chi connectivity index (χ1) is 13.6. The van der Waals surface area contributed by atoms with Crippen molar-refractivity contribution in [3.63, 3.8) is 0 Å². The molecule has 4 aromatic rings. The van der Waals surface area contributed by atoms with E-state index in [0.717, 1.165) is 16.6 Å². The maximum Gasteiger partial charge on any atom is 0.419 e. The Morgan fingerprint density at radius 1 is 1.04 bits per heavy atom. The Bertz CT molecular complexity index is 1120. The molecular weight excluding hydrogens is 356 g/mol. The number of carbonyl (C=O) groups excluding carboxylic acids is 1. The van der Waals surface area contributed by atoms with Gasteiger partial charge in [-0.3, -0.25) is 9.88 Å². The molecule has 0 spiro atoms. The van der Waals surface area contributed by atoms with Gasteiger partial charge >= 0.3 is 6.09 Å². The SMILES string of the molecule is Cc1ncccc1Oc1ccc(N(C)C(=O)Oc2c[nH]c3ccccc23)cn1. The third-order valence-electron chi connectivity index (χ3n) is 4.30. The van der Waals surface area contributed by atoms with Crippen LogP contribution < -0.4 is 14.4 Å². The number of ether oxygens (including phenoxy) is 2. The number of benzene rings is 1. The number of hydrogen-bond donors (Lipinski definition) is 1. The molecule has 0 bridgehead atoms. The van der Waals surface area contributed by atoms with E-state index in [1.807, 2.05) is 37.3 Å². The molecule has 0 unspecified atom stereocenters. The van der Waals surface area contributed by atoms with Crippen molar-refractivity contribution in [2.45, 2.75) is 6.92 Å². The zero-order valence-corrected chi connectivity index (χ0v) is 15.4. The molecule has 0 radical (unpaired) electrons. The number of rotatable bonds is 4. The molecule has 3 aromatic heterocycles. The number of pyridine rings is 2. The number of aromatic amines is 1. The Morgan fingerprint density at radius 3 is 2.68 bits per heavy atom. The summed E-state index contributed by atoms with van der Waals surface area (Å²) in [7, 11) is 1.62. The van der Waals surface area contributed by atoms with Crippen LogP contribution in [-0.2, 0) is 0 Å². The van der Waals surface area contributed by atoms with E-state index < -0.39 is 6.09 Å². The second-order valence-corrected chi connectivity index (χ2v) is 6.17. The first-order valence-electron chi connectivity index (χ1n) is 8.69. The van der Waals surface area contributed by atoms with Gasteiger partial charge in [0, 0.05) is 36.4 Å². The molecule has 0 aliphatic heterocycles. The molecule has 4 rings (SSSR count). The molecule has 0 aliphatic carbocycles. The van der Waals surface area contributed by atoms with Gasteiger partial charge in [0.1, 0.15) is 0 Å². The molecule has 0 fully saturated rings. The predicted octanol–water partition coefficient (Wildman–Crippen LogP) is 4.69. The quantitative estimate of drug-likeness (QED) is 0.560. The van der Waals surface area contributed by atoms with Crippen molar-refractivity contribution in [3.05, 3.63) is 72.8 Å². The first kappa shape index (κ1) is 17.5. The highest BCUT2D eigenvalue weighted by Crippen LogP contribution is 2.27. The zero-order chi connectivity index (χ0) is 19.5. The summed E-state index contributed by atoms with van der Waals surface area (Å²) in [5.41, 5.74) is 2.26. The van der Waals surface area contributed by atoms with E-state index in [-0.39, 0.29) is 0 Å². The average molecular weight is 374 g/mol. The lowest BCUT2D eigenvalue weighted by Gasteiger charge is -2.16. The predicted molar refractivity (Wildman–Crippen MR) is 106 cm³/mol. The minimum absolute atomic E-state index is 0.415. The number of amides is 1. The summed E-state index contributed by atoms with van der Waals surface area (Å²) in [6, 6.07) is 14.7. The molecule has 0 saturated heterocycles. The topological polar surface area (TPSA) is 80.3 Å². The Kier molecular flexibility index (Phi) is 4.63. The Labute approximate surface area is 161 Å². The summed E-state index contributed by atoms with van der Waals surface area (Å²) in [4.78, 5) is 25.4. The lowest BCUT2D eigenvalue weighted by atomic mass is 10.2. The van der Waals surface area contributed by atoms with Gasteiger partial charge in [0.15, 0.2) is 11.5 Å². The normalized spacial score (nSPS) is 10.6. The van der Waals surface area contributed by atoms with Crippen LogP contribution in [0.2, 0.25) is 0 Å². The second-order valence-electron chi connectivity index (χ2n) is 6.17. The summed E-state index contributed by atoms with van der Waals surface area (Å²) < 4.78 is 11.2. The van der Waals surface area contributed by atoms with Gasteiger partial charge in [0.25, 0.3) is 0 Å². The van der Waals surface area contributed by atoms with Crippen molar-refractivity contribution in [1.82, 2.24) is 15.0 Å². The van der Waals surface area contributed by atoms with E-state index in [2.05, 4.69) is 15.0 Å². The number of anilines is 1. The van der Waals surface area contributed by atoms with E-state index in [4.69, 9.17) is 9.47 Å². The summed E-state index contributed by atoms with van der Waals surface area (Å²) in [5.74, 6) is 1.53. The fourth-order valence-corrected chi connectivity index (χ4v) is 2.72. The third-order valence-corrected chi connectivity index (χ3v) is 4.30. The Morgan fingerprint density at radius 2 is 1.89 bits per heavy atom. The highest BCUT2D eigenvalue weighted by atomic mass is 16.6. The van der Waals surface area contributed by atoms with Crippen LogP contribution >= 0.6 is 0 Å². The van der Waals surface area contributed by atoms with Gasteiger partial charge in [-0.1, -0.05) is 12.1 Å². The molecular formula is C21H18N4O3. The lowest BCUT2D eigenvalue weighted by Crippen LogP contribution is -2.29. The molecule has 1 N–H and O–H groups in total. The molecule has 1 amide bonds. The van der Waals surface area contributed by atoms with Crippen LogP contribution in [0.4, 0.5) is 10.5 Å². The summed E-state index contributed by atoms with van der Waals surface area (Å²) >= 11 is 0. The number of nitrogens with zero attached hydrogens (tertiary/aromatic N) is 3. The molecule has 1 aromatic carbocycles. The largest absolute Gasteiger partial charge is 0.437 e. The van der Waals surface area contributed by atoms with Gasteiger partial charge in [-0.05, 0) is 37.3 Å². The average Bonchev–Trinajstić information content (AvgIpc) is 3.13. The minimum Gasteiger partial charge on any atom is -0.437 e. The van der Waals surface area contributed by atoms with Crippen LogP contribution in [0.25, 0.3) is 10.9 Å². The van der Waals surface area contributed by atoms with Crippen molar-refractivity contribution >= 4 is 22.7 Å². The number of carbonyl (C=O) groups is 1. The minimum atomic E-state index is -0.511.